The lowest BCUT2D eigenvalue weighted by Gasteiger charge is -2.22. The summed E-state index contributed by atoms with van der Waals surface area (Å²) in [6.45, 7) is 1.95. The average Bonchev–Trinajstić information content (AvgIpc) is 3.24. The van der Waals surface area contributed by atoms with Gasteiger partial charge in [0, 0.05) is 24.2 Å². The molecule has 4 heterocycles. The second kappa shape index (κ2) is 7.62. The number of halogens is 2. The third-order valence-corrected chi connectivity index (χ3v) is 5.69. The maximum absolute atomic E-state index is 14.4. The van der Waals surface area contributed by atoms with Gasteiger partial charge in [0.05, 0.1) is 16.6 Å². The van der Waals surface area contributed by atoms with Crippen LogP contribution in [0.4, 0.5) is 4.39 Å². The van der Waals surface area contributed by atoms with Crippen LogP contribution in [-0.4, -0.2) is 38.9 Å². The molecule has 1 aliphatic heterocycles. The minimum absolute atomic E-state index is 0. The van der Waals surface area contributed by atoms with Gasteiger partial charge in [-0.15, -0.1) is 12.4 Å². The fourth-order valence-corrected chi connectivity index (χ4v) is 4.32. The van der Waals surface area contributed by atoms with Crippen molar-refractivity contribution in [2.24, 2.45) is 7.05 Å². The number of thiazole rings is 1. The summed E-state index contributed by atoms with van der Waals surface area (Å²) in [5.41, 5.74) is 2.61. The lowest BCUT2D eigenvalue weighted by atomic mass is 10.1. The highest BCUT2D eigenvalue weighted by Crippen LogP contribution is 2.32. The van der Waals surface area contributed by atoms with Crippen molar-refractivity contribution in [3.8, 4) is 16.5 Å². The van der Waals surface area contributed by atoms with Gasteiger partial charge in [-0.05, 0) is 44.1 Å². The maximum atomic E-state index is 14.4. The molecule has 1 N–H and O–H groups in total. The minimum atomic E-state index is -0.343. The Bertz CT molecular complexity index is 1140. The number of ether oxygens (including phenoxy) is 1. The maximum Gasteiger partial charge on any atom is 0.274 e. The molecule has 1 fully saturated rings. The molecule has 0 radical (unpaired) electrons. The fraction of sp³-hybridized carbons (Fsp3) is 0.316. The van der Waals surface area contributed by atoms with Crippen LogP contribution in [0.25, 0.3) is 32.4 Å². The zero-order chi connectivity index (χ0) is 18.4. The summed E-state index contributed by atoms with van der Waals surface area (Å²) in [6.07, 6.45) is 5.72. The van der Waals surface area contributed by atoms with Crippen LogP contribution >= 0.6 is 23.7 Å². The Kier molecular flexibility index (Phi) is 5.18. The number of hydrogen-bond acceptors (Lipinski definition) is 6. The molecule has 5 rings (SSSR count). The number of aryl methyl sites for hydroxylation is 1. The molecule has 0 atom stereocenters. The molecule has 1 aliphatic rings. The zero-order valence-electron chi connectivity index (χ0n) is 15.2. The molecule has 0 aliphatic carbocycles. The lowest BCUT2D eigenvalue weighted by molar-refractivity contribution is 0.162. The summed E-state index contributed by atoms with van der Waals surface area (Å²) < 4.78 is 23.0. The summed E-state index contributed by atoms with van der Waals surface area (Å²) in [4.78, 5) is 9.02. The Balaban J connectivity index is 0.00000192. The van der Waals surface area contributed by atoms with Crippen molar-refractivity contribution in [2.75, 3.05) is 13.1 Å². The molecule has 4 aromatic rings. The van der Waals surface area contributed by atoms with Gasteiger partial charge in [0.25, 0.3) is 5.19 Å². The van der Waals surface area contributed by atoms with E-state index in [1.165, 1.54) is 17.4 Å². The normalized spacial score (nSPS) is 15.1. The Hall–Kier alpha value is -2.29. The standard InChI is InChI=1S/C19H18FN5OS.ClH/c1-25-10-12-6-11(7-14(20)18(12)24-25)15-8-17-16(9-22-15)23-19(27-17)26-13-2-4-21-5-3-13;/h6-10,13,21H,2-5H2,1H3;1H. The topological polar surface area (TPSA) is 64.9 Å². The van der Waals surface area contributed by atoms with Crippen LogP contribution in [0.2, 0.25) is 0 Å². The van der Waals surface area contributed by atoms with Gasteiger partial charge < -0.3 is 10.1 Å². The number of rotatable bonds is 3. The van der Waals surface area contributed by atoms with Crippen molar-refractivity contribution in [2.45, 2.75) is 18.9 Å². The highest BCUT2D eigenvalue weighted by atomic mass is 35.5. The predicted octanol–water partition coefficient (Wildman–Crippen LogP) is 3.94. The highest BCUT2D eigenvalue weighted by molar-refractivity contribution is 7.20. The van der Waals surface area contributed by atoms with Crippen LogP contribution in [0.1, 0.15) is 12.8 Å². The van der Waals surface area contributed by atoms with Crippen LogP contribution in [0.3, 0.4) is 0 Å². The van der Waals surface area contributed by atoms with Crippen LogP contribution in [0, 0.1) is 5.82 Å². The molecule has 1 saturated heterocycles. The molecule has 0 saturated carbocycles. The molecular weight excluding hydrogens is 401 g/mol. The molecule has 6 nitrogen and oxygen atoms in total. The van der Waals surface area contributed by atoms with E-state index in [1.807, 2.05) is 12.1 Å². The van der Waals surface area contributed by atoms with Crippen molar-refractivity contribution in [1.82, 2.24) is 25.1 Å². The van der Waals surface area contributed by atoms with Gasteiger partial charge in [0.2, 0.25) is 0 Å². The molecule has 1 aromatic carbocycles. The Labute approximate surface area is 171 Å². The van der Waals surface area contributed by atoms with Crippen LogP contribution in [-0.2, 0) is 7.05 Å². The van der Waals surface area contributed by atoms with Crippen molar-refractivity contribution >= 4 is 44.9 Å². The second-order valence-corrected chi connectivity index (χ2v) is 7.78. The van der Waals surface area contributed by atoms with Crippen molar-refractivity contribution in [1.29, 1.82) is 0 Å². The average molecular weight is 420 g/mol. The summed E-state index contributed by atoms with van der Waals surface area (Å²) in [6, 6.07) is 5.34. The molecule has 0 unspecified atom stereocenters. The summed E-state index contributed by atoms with van der Waals surface area (Å²) in [5.74, 6) is -0.343. The number of benzene rings is 1. The van der Waals surface area contributed by atoms with Crippen LogP contribution in [0.15, 0.2) is 30.6 Å². The third-order valence-electron chi connectivity index (χ3n) is 4.78. The predicted molar refractivity (Wildman–Crippen MR) is 111 cm³/mol. The molecule has 9 heteroatoms. The number of hydrogen-bond donors (Lipinski definition) is 1. The van der Waals surface area contributed by atoms with E-state index in [9.17, 15) is 4.39 Å². The Morgan fingerprint density at radius 1 is 1.25 bits per heavy atom. The molecule has 3 aromatic heterocycles. The van der Waals surface area contributed by atoms with Gasteiger partial charge in [0.1, 0.15) is 17.1 Å². The van der Waals surface area contributed by atoms with E-state index < -0.39 is 0 Å². The number of nitrogens with zero attached hydrogens (tertiary/aromatic N) is 4. The van der Waals surface area contributed by atoms with E-state index in [0.29, 0.717) is 16.4 Å². The van der Waals surface area contributed by atoms with Gasteiger partial charge in [-0.25, -0.2) is 9.37 Å². The zero-order valence-corrected chi connectivity index (χ0v) is 16.8. The molecule has 0 amide bonds. The highest BCUT2D eigenvalue weighted by Gasteiger charge is 2.17. The van der Waals surface area contributed by atoms with Crippen LogP contribution in [0.5, 0.6) is 5.19 Å². The summed E-state index contributed by atoms with van der Waals surface area (Å²) >= 11 is 1.51. The first-order valence-corrected chi connectivity index (χ1v) is 9.74. The quantitative estimate of drug-likeness (QED) is 0.545. The first-order chi connectivity index (χ1) is 13.2. The van der Waals surface area contributed by atoms with Gasteiger partial charge >= 0.3 is 0 Å². The van der Waals surface area contributed by atoms with E-state index in [2.05, 4.69) is 20.4 Å². The molecule has 146 valence electrons. The monoisotopic (exact) mass is 419 g/mol. The lowest BCUT2D eigenvalue weighted by Crippen LogP contribution is -2.34. The second-order valence-electron chi connectivity index (χ2n) is 6.78. The fourth-order valence-electron chi connectivity index (χ4n) is 3.43. The number of aromatic nitrogens is 4. The smallest absolute Gasteiger partial charge is 0.274 e. The van der Waals surface area contributed by atoms with Crippen molar-refractivity contribution in [3.05, 3.63) is 36.4 Å². The first-order valence-electron chi connectivity index (χ1n) is 8.93. The van der Waals surface area contributed by atoms with E-state index >= 15 is 0 Å². The van der Waals surface area contributed by atoms with E-state index in [1.54, 1.807) is 24.1 Å². The van der Waals surface area contributed by atoms with Crippen molar-refractivity contribution in [3.63, 3.8) is 0 Å². The van der Waals surface area contributed by atoms with Gasteiger partial charge in [-0.2, -0.15) is 5.10 Å². The minimum Gasteiger partial charge on any atom is -0.467 e. The largest absolute Gasteiger partial charge is 0.467 e. The Morgan fingerprint density at radius 3 is 2.89 bits per heavy atom. The number of nitrogens with one attached hydrogen (secondary N) is 1. The molecule has 0 spiro atoms. The number of piperidine rings is 1. The van der Waals surface area contributed by atoms with Crippen molar-refractivity contribution < 1.29 is 9.13 Å². The van der Waals surface area contributed by atoms with Gasteiger partial charge in [0.15, 0.2) is 5.82 Å². The van der Waals surface area contributed by atoms with Crippen LogP contribution < -0.4 is 10.1 Å². The SMILES string of the molecule is Cl.Cn1cc2cc(-c3cc4sc(OC5CCNCC5)nc4cn3)cc(F)c2n1. The van der Waals surface area contributed by atoms with E-state index in [0.717, 1.165) is 47.1 Å². The Morgan fingerprint density at radius 2 is 2.07 bits per heavy atom. The molecule has 28 heavy (non-hydrogen) atoms. The molecule has 0 bridgehead atoms. The summed E-state index contributed by atoms with van der Waals surface area (Å²) in [7, 11) is 1.78. The van der Waals surface area contributed by atoms with E-state index in [-0.39, 0.29) is 24.3 Å². The van der Waals surface area contributed by atoms with Gasteiger partial charge in [-0.3, -0.25) is 9.67 Å². The van der Waals surface area contributed by atoms with Gasteiger partial charge in [-0.1, -0.05) is 11.3 Å². The first kappa shape index (κ1) is 19.0. The van der Waals surface area contributed by atoms with E-state index in [4.69, 9.17) is 4.74 Å². The summed E-state index contributed by atoms with van der Waals surface area (Å²) in [5, 5.41) is 8.91. The number of fused-ring (bicyclic) bond motifs is 2. The number of pyridine rings is 1. The third kappa shape index (κ3) is 3.55. The molecular formula is C19H19ClFN5OS.